The van der Waals surface area contributed by atoms with Gasteiger partial charge in [0.1, 0.15) is 6.26 Å². The number of rotatable bonds is 3. The van der Waals surface area contributed by atoms with Gasteiger partial charge in [-0.3, -0.25) is 0 Å². The van der Waals surface area contributed by atoms with Gasteiger partial charge in [0, 0.05) is 11.3 Å². The van der Waals surface area contributed by atoms with Crippen molar-refractivity contribution in [3.8, 4) is 11.8 Å². The van der Waals surface area contributed by atoms with Gasteiger partial charge >= 0.3 is 0 Å². The van der Waals surface area contributed by atoms with Gasteiger partial charge in [-0.25, -0.2) is 4.98 Å². The van der Waals surface area contributed by atoms with E-state index < -0.39 is 0 Å². The summed E-state index contributed by atoms with van der Waals surface area (Å²) in [6, 6.07) is 8.09. The van der Waals surface area contributed by atoms with Crippen LogP contribution < -0.4 is 5.73 Å². The molecule has 0 aliphatic heterocycles. The molecule has 0 spiro atoms. The molecule has 86 valence electrons. The summed E-state index contributed by atoms with van der Waals surface area (Å²) in [4.78, 5) is 4.05. The predicted molar refractivity (Wildman–Crippen MR) is 68.4 cm³/mol. The second-order valence-corrected chi connectivity index (χ2v) is 4.22. The monoisotopic (exact) mass is 244 g/mol. The molecule has 0 atom stereocenters. The Bertz CT molecular complexity index is 509. The molecule has 3 nitrogen and oxygen atoms in total. The van der Waals surface area contributed by atoms with E-state index in [1.165, 1.54) is 5.56 Å². The molecule has 0 unspecified atom stereocenters. The highest BCUT2D eigenvalue weighted by atomic mass is 32.2. The highest BCUT2D eigenvalue weighted by Crippen LogP contribution is 2.20. The number of nitrogens with zero attached hydrogens (tertiary/aromatic N) is 1. The summed E-state index contributed by atoms with van der Waals surface area (Å²) in [5, 5.41) is 0.692. The summed E-state index contributed by atoms with van der Waals surface area (Å²) in [6.07, 6.45) is 3.22. The van der Waals surface area contributed by atoms with Gasteiger partial charge in [0.05, 0.1) is 12.7 Å². The molecule has 0 amide bonds. The van der Waals surface area contributed by atoms with Crippen LogP contribution in [0.4, 0.5) is 0 Å². The molecule has 0 radical (unpaired) electrons. The Morgan fingerprint density at radius 3 is 2.76 bits per heavy atom. The highest BCUT2D eigenvalue weighted by molar-refractivity contribution is 7.98. The third-order valence-corrected chi connectivity index (χ3v) is 2.99. The van der Waals surface area contributed by atoms with Crippen LogP contribution in [-0.4, -0.2) is 11.5 Å². The van der Waals surface area contributed by atoms with E-state index in [-0.39, 0.29) is 0 Å². The van der Waals surface area contributed by atoms with Gasteiger partial charge in [-0.1, -0.05) is 35.7 Å². The normalized spacial score (nSPS) is 9.71. The van der Waals surface area contributed by atoms with E-state index in [4.69, 9.17) is 10.2 Å². The summed E-state index contributed by atoms with van der Waals surface area (Å²) >= 11 is 1.57. The van der Waals surface area contributed by atoms with E-state index in [1.807, 2.05) is 12.1 Å². The lowest BCUT2D eigenvalue weighted by atomic mass is 10.1. The molecule has 0 fully saturated rings. The minimum atomic E-state index is 0.391. The highest BCUT2D eigenvalue weighted by Gasteiger charge is 1.99. The van der Waals surface area contributed by atoms with Gasteiger partial charge in [0.2, 0.25) is 0 Å². The van der Waals surface area contributed by atoms with Crippen molar-refractivity contribution >= 4 is 11.8 Å². The minimum Gasteiger partial charge on any atom is -0.440 e. The van der Waals surface area contributed by atoms with Crippen molar-refractivity contribution in [2.45, 2.75) is 11.0 Å². The molecule has 2 aromatic rings. The Hall–Kier alpha value is -1.70. The Morgan fingerprint density at radius 1 is 1.29 bits per heavy atom. The topological polar surface area (TPSA) is 52.0 Å². The van der Waals surface area contributed by atoms with Crippen molar-refractivity contribution < 1.29 is 4.42 Å². The van der Waals surface area contributed by atoms with Crippen molar-refractivity contribution in [1.29, 1.82) is 0 Å². The molecule has 1 heterocycles. The molecular formula is C13H12N2OS. The van der Waals surface area contributed by atoms with Crippen molar-refractivity contribution in [3.63, 3.8) is 0 Å². The molecular weight excluding hydrogens is 232 g/mol. The van der Waals surface area contributed by atoms with Crippen LogP contribution in [0.25, 0.3) is 0 Å². The summed E-state index contributed by atoms with van der Waals surface area (Å²) < 4.78 is 5.15. The number of aromatic nitrogens is 1. The van der Waals surface area contributed by atoms with E-state index >= 15 is 0 Å². The minimum absolute atomic E-state index is 0.391. The molecule has 0 saturated carbocycles. The fourth-order valence-corrected chi connectivity index (χ4v) is 2.01. The summed E-state index contributed by atoms with van der Waals surface area (Å²) in [6.45, 7) is 0.391. The SMILES string of the molecule is NCC#Cc1ccc(CSc2ncco2)cc1. The molecule has 4 heteroatoms. The molecule has 2 rings (SSSR count). The van der Waals surface area contributed by atoms with Gasteiger partial charge in [0.15, 0.2) is 0 Å². The van der Waals surface area contributed by atoms with Gasteiger partial charge in [-0.05, 0) is 17.7 Å². The predicted octanol–water partition coefficient (Wildman–Crippen LogP) is 2.28. The first-order chi connectivity index (χ1) is 8.38. The van der Waals surface area contributed by atoms with Crippen LogP contribution >= 0.6 is 11.8 Å². The van der Waals surface area contributed by atoms with Crippen molar-refractivity contribution in [1.82, 2.24) is 4.98 Å². The van der Waals surface area contributed by atoms with E-state index in [2.05, 4.69) is 29.0 Å². The van der Waals surface area contributed by atoms with Crippen LogP contribution in [0.1, 0.15) is 11.1 Å². The number of hydrogen-bond donors (Lipinski definition) is 1. The van der Waals surface area contributed by atoms with Gasteiger partial charge in [0.25, 0.3) is 5.22 Å². The first kappa shape index (κ1) is 11.8. The average Bonchev–Trinajstić information content (AvgIpc) is 2.88. The Kier molecular flexibility index (Phi) is 4.25. The fraction of sp³-hybridized carbons (Fsp3) is 0.154. The lowest BCUT2D eigenvalue weighted by molar-refractivity contribution is 0.454. The van der Waals surface area contributed by atoms with Crippen LogP contribution in [-0.2, 0) is 5.75 Å². The van der Waals surface area contributed by atoms with E-state index in [0.717, 1.165) is 11.3 Å². The maximum absolute atomic E-state index is 5.31. The zero-order valence-corrected chi connectivity index (χ0v) is 10.0. The lowest BCUT2D eigenvalue weighted by Crippen LogP contribution is -1.93. The fourth-order valence-electron chi connectivity index (χ4n) is 1.26. The third kappa shape index (κ3) is 3.66. The molecule has 1 aromatic heterocycles. The maximum atomic E-state index is 5.31. The smallest absolute Gasteiger partial charge is 0.255 e. The molecule has 0 bridgehead atoms. The number of nitrogens with two attached hydrogens (primary N) is 1. The Labute approximate surface area is 104 Å². The second kappa shape index (κ2) is 6.14. The van der Waals surface area contributed by atoms with Gasteiger partial charge < -0.3 is 10.2 Å². The largest absolute Gasteiger partial charge is 0.440 e. The molecule has 0 aliphatic rings. The van der Waals surface area contributed by atoms with E-state index in [9.17, 15) is 0 Å². The Morgan fingerprint density at radius 2 is 2.12 bits per heavy atom. The van der Waals surface area contributed by atoms with E-state index in [0.29, 0.717) is 11.8 Å². The molecule has 1 aromatic carbocycles. The number of hydrogen-bond acceptors (Lipinski definition) is 4. The molecule has 2 N–H and O–H groups in total. The van der Waals surface area contributed by atoms with Crippen LogP contribution in [0.3, 0.4) is 0 Å². The Balaban J connectivity index is 1.94. The van der Waals surface area contributed by atoms with Crippen molar-refractivity contribution in [2.24, 2.45) is 5.73 Å². The quantitative estimate of drug-likeness (QED) is 0.664. The number of thioether (sulfide) groups is 1. The van der Waals surface area contributed by atoms with Crippen LogP contribution in [0.15, 0.2) is 46.4 Å². The van der Waals surface area contributed by atoms with Crippen LogP contribution in [0.2, 0.25) is 0 Å². The first-order valence-electron chi connectivity index (χ1n) is 5.18. The van der Waals surface area contributed by atoms with E-state index in [1.54, 1.807) is 24.2 Å². The van der Waals surface area contributed by atoms with Crippen molar-refractivity contribution in [3.05, 3.63) is 47.9 Å². The summed E-state index contributed by atoms with van der Waals surface area (Å²) in [5.41, 5.74) is 7.51. The van der Waals surface area contributed by atoms with Gasteiger partial charge in [-0.15, -0.1) is 0 Å². The van der Waals surface area contributed by atoms with Gasteiger partial charge in [-0.2, -0.15) is 0 Å². The zero-order chi connectivity index (χ0) is 11.9. The van der Waals surface area contributed by atoms with Crippen LogP contribution in [0.5, 0.6) is 0 Å². The maximum Gasteiger partial charge on any atom is 0.255 e. The van der Waals surface area contributed by atoms with Crippen molar-refractivity contribution in [2.75, 3.05) is 6.54 Å². The molecule has 17 heavy (non-hydrogen) atoms. The van der Waals surface area contributed by atoms with Crippen LogP contribution in [0, 0.1) is 11.8 Å². The first-order valence-corrected chi connectivity index (χ1v) is 6.17. The second-order valence-electron chi connectivity index (χ2n) is 3.29. The molecule has 0 aliphatic carbocycles. The third-order valence-electron chi connectivity index (χ3n) is 2.06. The lowest BCUT2D eigenvalue weighted by Gasteiger charge is -1.98. The number of benzene rings is 1. The summed E-state index contributed by atoms with van der Waals surface area (Å²) in [7, 11) is 0. The molecule has 0 saturated heterocycles. The zero-order valence-electron chi connectivity index (χ0n) is 9.22. The standard InChI is InChI=1S/C13H12N2OS/c14-7-1-2-11-3-5-12(6-4-11)10-17-13-15-8-9-16-13/h3-6,8-9H,7,10,14H2. The average molecular weight is 244 g/mol. The number of oxazole rings is 1. The summed E-state index contributed by atoms with van der Waals surface area (Å²) in [5.74, 6) is 6.65.